The highest BCUT2D eigenvalue weighted by Gasteiger charge is 2.40. The van der Waals surface area contributed by atoms with E-state index >= 15 is 0 Å². The Morgan fingerprint density at radius 2 is 1.86 bits per heavy atom. The van der Waals surface area contributed by atoms with Crippen LogP contribution in [0.1, 0.15) is 16.7 Å². The summed E-state index contributed by atoms with van der Waals surface area (Å²) in [7, 11) is 1.23. The molecule has 198 valence electrons. The van der Waals surface area contributed by atoms with Gasteiger partial charge in [0.2, 0.25) is 5.91 Å². The number of nitrogens with zero attached hydrogens (tertiary/aromatic N) is 1. The first-order valence-corrected chi connectivity index (χ1v) is 12.2. The van der Waals surface area contributed by atoms with E-state index in [0.717, 1.165) is 22.7 Å². The molecule has 8 nitrogen and oxygen atoms in total. The molecule has 0 saturated carbocycles. The Kier molecular flexibility index (Phi) is 9.40. The average molecular weight is 577 g/mol. The lowest BCUT2D eigenvalue weighted by Crippen LogP contribution is -2.36. The van der Waals surface area contributed by atoms with Crippen molar-refractivity contribution >= 4 is 57.9 Å². The average Bonchev–Trinajstić information content (AvgIpc) is 3.10. The van der Waals surface area contributed by atoms with Crippen LogP contribution in [0.3, 0.4) is 0 Å². The number of ether oxygens (including phenoxy) is 2. The molecule has 0 aliphatic carbocycles. The maximum atomic E-state index is 13.9. The van der Waals surface area contributed by atoms with Crippen LogP contribution in [0.4, 0.5) is 13.2 Å². The number of esters is 1. The third kappa shape index (κ3) is 7.34. The fraction of sp³-hybridized carbons (Fsp3) is 0.304. The predicted molar refractivity (Wildman–Crippen MR) is 133 cm³/mol. The second kappa shape index (κ2) is 12.1. The molecule has 0 bridgehead atoms. The lowest BCUT2D eigenvalue weighted by molar-refractivity contribution is -0.142. The zero-order valence-electron chi connectivity index (χ0n) is 19.1. The van der Waals surface area contributed by atoms with Gasteiger partial charge in [0.15, 0.2) is 0 Å². The van der Waals surface area contributed by atoms with Crippen LogP contribution >= 0.6 is 35.8 Å². The molecule has 2 aromatic rings. The fourth-order valence-electron chi connectivity index (χ4n) is 3.54. The Balaban J connectivity index is 1.76. The summed E-state index contributed by atoms with van der Waals surface area (Å²) >= 11 is 11.4. The summed E-state index contributed by atoms with van der Waals surface area (Å²) in [5.41, 5.74) is -0.425. The maximum absolute atomic E-state index is 13.9. The van der Waals surface area contributed by atoms with Crippen LogP contribution in [0.25, 0.3) is 0 Å². The number of hydrogen-bond acceptors (Lipinski definition) is 8. The number of carboxylic acid groups (broad SMARTS) is 1. The van der Waals surface area contributed by atoms with E-state index in [2.05, 4.69) is 9.57 Å². The van der Waals surface area contributed by atoms with Crippen molar-refractivity contribution < 1.29 is 42.1 Å². The Hall–Kier alpha value is -2.87. The number of hydrogen-bond donors (Lipinski definition) is 2. The van der Waals surface area contributed by atoms with Gasteiger partial charge >= 0.3 is 18.1 Å². The molecule has 14 heteroatoms. The van der Waals surface area contributed by atoms with Gasteiger partial charge < -0.3 is 14.6 Å². The van der Waals surface area contributed by atoms with Crippen molar-refractivity contribution in [2.24, 2.45) is 0 Å². The number of alkyl halides is 3. The van der Waals surface area contributed by atoms with Gasteiger partial charge in [-0.1, -0.05) is 42.2 Å². The van der Waals surface area contributed by atoms with Crippen molar-refractivity contribution in [2.45, 2.75) is 30.3 Å². The highest BCUT2D eigenvalue weighted by Crippen LogP contribution is 2.38. The zero-order valence-corrected chi connectivity index (χ0v) is 21.5. The molecular weight excluding hydrogens is 557 g/mol. The van der Waals surface area contributed by atoms with Crippen LogP contribution in [-0.4, -0.2) is 57.1 Å². The monoisotopic (exact) mass is 576 g/mol. The summed E-state index contributed by atoms with van der Waals surface area (Å²) in [6, 6.07) is 8.95. The summed E-state index contributed by atoms with van der Waals surface area (Å²) in [6.45, 7) is -0.648. The number of carbonyl (C=O) groups is 3. The Bertz CT molecular complexity index is 1200. The molecule has 2 aromatic carbocycles. The molecule has 0 aromatic heterocycles. The van der Waals surface area contributed by atoms with Crippen LogP contribution in [0.5, 0.6) is 11.5 Å². The minimum Gasteiger partial charge on any atom is -0.480 e. The molecule has 0 spiro atoms. The van der Waals surface area contributed by atoms with Gasteiger partial charge in [0, 0.05) is 0 Å². The smallest absolute Gasteiger partial charge is 0.416 e. The topological polar surface area (TPSA) is 105 Å². The van der Waals surface area contributed by atoms with Gasteiger partial charge in [-0.25, -0.2) is 4.84 Å². The number of nitrogens with one attached hydrogen (secondary N) is 1. The third-order valence-electron chi connectivity index (χ3n) is 5.31. The van der Waals surface area contributed by atoms with Crippen LogP contribution in [-0.2, 0) is 38.1 Å². The molecule has 3 rings (SSSR count). The number of benzene rings is 2. The summed E-state index contributed by atoms with van der Waals surface area (Å²) in [5, 5.41) is 7.96. The number of halogens is 4. The predicted octanol–water partition coefficient (Wildman–Crippen LogP) is 4.18. The highest BCUT2D eigenvalue weighted by atomic mass is 35.5. The van der Waals surface area contributed by atoms with Crippen molar-refractivity contribution in [3.8, 4) is 11.5 Å². The minimum absolute atomic E-state index is 0.00842. The Morgan fingerprint density at radius 3 is 2.43 bits per heavy atom. The normalized spacial score (nSPS) is 16.6. The Morgan fingerprint density at radius 1 is 1.22 bits per heavy atom. The van der Waals surface area contributed by atoms with Crippen molar-refractivity contribution in [1.29, 1.82) is 0 Å². The molecule has 1 amide bonds. The van der Waals surface area contributed by atoms with Gasteiger partial charge in [-0.05, 0) is 60.0 Å². The van der Waals surface area contributed by atoms with Crippen molar-refractivity contribution in [1.82, 2.24) is 9.74 Å². The van der Waals surface area contributed by atoms with Crippen molar-refractivity contribution in [3.05, 3.63) is 59.2 Å². The first-order valence-electron chi connectivity index (χ1n) is 10.6. The van der Waals surface area contributed by atoms with Gasteiger partial charge in [0.1, 0.15) is 28.4 Å². The minimum atomic E-state index is -4.73. The number of amides is 1. The van der Waals surface area contributed by atoms with Crippen LogP contribution in [0.15, 0.2) is 42.5 Å². The van der Waals surface area contributed by atoms with Gasteiger partial charge in [-0.3, -0.25) is 19.3 Å². The molecule has 2 atom stereocenters. The molecule has 1 fully saturated rings. The fourth-order valence-corrected chi connectivity index (χ4v) is 5.23. The molecule has 1 aliphatic rings. The van der Waals surface area contributed by atoms with E-state index < -0.39 is 47.4 Å². The first-order chi connectivity index (χ1) is 17.4. The molecule has 1 saturated heterocycles. The van der Waals surface area contributed by atoms with Gasteiger partial charge in [-0.15, -0.1) is 0 Å². The van der Waals surface area contributed by atoms with Crippen molar-refractivity contribution in [3.63, 3.8) is 0 Å². The van der Waals surface area contributed by atoms with E-state index in [1.54, 1.807) is 12.1 Å². The lowest BCUT2D eigenvalue weighted by Gasteiger charge is -2.17. The second-order valence-electron chi connectivity index (χ2n) is 7.85. The summed E-state index contributed by atoms with van der Waals surface area (Å²) in [5.74, 6) is -2.29. The maximum Gasteiger partial charge on any atom is 0.416 e. The molecule has 1 unspecified atom stereocenters. The van der Waals surface area contributed by atoms with E-state index in [4.69, 9.17) is 33.8 Å². The molecule has 1 heterocycles. The number of thiocarbonyl (C=S) groups is 1. The summed E-state index contributed by atoms with van der Waals surface area (Å²) < 4.78 is 51.8. The number of thioether (sulfide) groups is 1. The largest absolute Gasteiger partial charge is 0.480 e. The molecule has 1 aliphatic heterocycles. The SMILES string of the molecule is COC(=O)[C@H](Cc1ccc(Oc2ccc(CC3SC(=S)N(CC(=O)O)C3=O)c(C(F)(F)F)c2)cc1)NCl. The van der Waals surface area contributed by atoms with Gasteiger partial charge in [-0.2, -0.15) is 13.2 Å². The lowest BCUT2D eigenvalue weighted by atomic mass is 10.0. The number of aliphatic carboxylic acids is 1. The van der Waals surface area contributed by atoms with E-state index in [-0.39, 0.29) is 34.2 Å². The van der Waals surface area contributed by atoms with Gasteiger partial charge in [0.25, 0.3) is 0 Å². The second-order valence-corrected chi connectivity index (χ2v) is 9.90. The third-order valence-corrected chi connectivity index (χ3v) is 7.15. The van der Waals surface area contributed by atoms with Crippen LogP contribution in [0, 0.1) is 0 Å². The Labute approximate surface area is 224 Å². The quantitative estimate of drug-likeness (QED) is 0.245. The zero-order chi connectivity index (χ0) is 27.3. The molecule has 0 radical (unpaired) electrons. The number of methoxy groups -OCH3 is 1. The van der Waals surface area contributed by atoms with Crippen LogP contribution in [0.2, 0.25) is 0 Å². The summed E-state index contributed by atoms with van der Waals surface area (Å²) in [6.07, 6.45) is -4.81. The number of rotatable bonds is 10. The van der Waals surface area contributed by atoms with Crippen LogP contribution < -0.4 is 9.57 Å². The van der Waals surface area contributed by atoms with Crippen molar-refractivity contribution in [2.75, 3.05) is 13.7 Å². The van der Waals surface area contributed by atoms with Gasteiger partial charge in [0.05, 0.1) is 17.9 Å². The number of carbonyl (C=O) groups excluding carboxylic acids is 2. The van der Waals surface area contributed by atoms with E-state index in [1.165, 1.54) is 31.4 Å². The first kappa shape index (κ1) is 28.7. The highest BCUT2D eigenvalue weighted by molar-refractivity contribution is 8.24. The molecular formula is C23H20ClF3N2O6S2. The number of carboxylic acids is 1. The molecule has 2 N–H and O–H groups in total. The van der Waals surface area contributed by atoms with E-state index in [0.29, 0.717) is 5.56 Å². The summed E-state index contributed by atoms with van der Waals surface area (Å²) in [4.78, 5) is 38.3. The standard InChI is InChI=1S/C23H20ClF3N2O6S2/c1-34-21(33)17(28-24)8-12-2-5-14(6-3-12)35-15-7-4-13(16(10-15)23(25,26)27)9-18-20(32)29(11-19(30)31)22(36)37-18/h2-7,10,17-18,28H,8-9,11H2,1H3,(H,30,31)/t17-,18?/m0/s1. The van der Waals surface area contributed by atoms with E-state index in [1.807, 2.05) is 0 Å². The van der Waals surface area contributed by atoms with E-state index in [9.17, 15) is 27.6 Å². The molecule has 37 heavy (non-hydrogen) atoms.